The van der Waals surface area contributed by atoms with Crippen LogP contribution in [0.4, 0.5) is 0 Å². The van der Waals surface area contributed by atoms with Crippen LogP contribution in [0.25, 0.3) is 0 Å². The summed E-state index contributed by atoms with van der Waals surface area (Å²) in [5, 5.41) is 8.01. The molecule has 46 valence electrons. The van der Waals surface area contributed by atoms with Crippen LogP contribution < -0.4 is 0 Å². The van der Waals surface area contributed by atoms with Gasteiger partial charge in [-0.3, -0.25) is 4.79 Å². The molecule has 0 saturated carbocycles. The Morgan fingerprint density at radius 2 is 2.25 bits per heavy atom. The van der Waals surface area contributed by atoms with Crippen LogP contribution in [0.15, 0.2) is 0 Å². The highest BCUT2D eigenvalue weighted by molar-refractivity contribution is 9.37. The van der Waals surface area contributed by atoms with Crippen LogP contribution in [0, 0.1) is 0 Å². The van der Waals surface area contributed by atoms with Gasteiger partial charge in [0, 0.05) is 0 Å². The Labute approximate surface area is 55.6 Å². The van der Waals surface area contributed by atoms with Gasteiger partial charge in [0.15, 0.2) is 6.16 Å². The fourth-order valence-corrected chi connectivity index (χ4v) is 1.08. The van der Waals surface area contributed by atoms with Crippen LogP contribution in [-0.4, -0.2) is 17.2 Å². The number of hydrogen-bond acceptors (Lipinski definition) is 2. The Kier molecular flexibility index (Phi) is 4.01. The van der Waals surface area contributed by atoms with Crippen LogP contribution in [0.2, 0.25) is 0 Å². The van der Waals surface area contributed by atoms with Crippen LogP contribution in [0.3, 0.4) is 0 Å². The summed E-state index contributed by atoms with van der Waals surface area (Å²) >= 11 is 2.75. The lowest BCUT2D eigenvalue weighted by molar-refractivity contribution is -0.136. The van der Waals surface area contributed by atoms with Gasteiger partial charge in [-0.15, -0.1) is 0 Å². The highest BCUT2D eigenvalue weighted by atomic mass is 79.9. The minimum absolute atomic E-state index is 0.0273. The van der Waals surface area contributed by atoms with Gasteiger partial charge in [0.25, 0.3) is 15.5 Å². The average molecular weight is 200 g/mol. The number of halogens is 1. The van der Waals surface area contributed by atoms with Gasteiger partial charge in [-0.05, 0) is 0 Å². The lowest BCUT2D eigenvalue weighted by Crippen LogP contribution is -1.94. The summed E-state index contributed by atoms with van der Waals surface area (Å²) in [5.41, 5.74) is 0. The molecule has 0 aliphatic rings. The van der Waals surface area contributed by atoms with Crippen LogP contribution in [-0.2, 0) is 9.36 Å². The van der Waals surface area contributed by atoms with Crippen molar-refractivity contribution in [3.63, 3.8) is 0 Å². The van der Waals surface area contributed by atoms with Gasteiger partial charge in [0.05, 0.1) is 6.42 Å². The van der Waals surface area contributed by atoms with Crippen molar-refractivity contribution < 1.29 is 14.5 Å². The fourth-order valence-electron chi connectivity index (χ4n) is 0.184. The van der Waals surface area contributed by atoms with Gasteiger partial charge in [0.2, 0.25) is 0 Å². The maximum absolute atomic E-state index is 10.1. The molecule has 1 unspecified atom stereocenters. The molecule has 0 aliphatic carbocycles. The third kappa shape index (κ3) is 6.05. The maximum Gasteiger partial charge on any atom is 0.417 e. The molecule has 0 aromatic rings. The summed E-state index contributed by atoms with van der Waals surface area (Å²) < 4.78 is 10.1. The summed E-state index contributed by atoms with van der Waals surface area (Å²) in [5.74, 6) is -0.909. The normalized spacial score (nSPS) is 10.9. The van der Waals surface area contributed by atoms with E-state index in [4.69, 9.17) is 5.11 Å². The minimum Gasteiger partial charge on any atom is -0.481 e. The first-order valence-corrected chi connectivity index (χ1v) is 5.41. The van der Waals surface area contributed by atoms with E-state index in [0.29, 0.717) is 0 Å². The van der Waals surface area contributed by atoms with Crippen LogP contribution in [0.1, 0.15) is 6.42 Å². The second-order valence-corrected chi connectivity index (χ2v) is 4.64. The summed E-state index contributed by atoms with van der Waals surface area (Å²) in [4.78, 5) is 9.75. The standard InChI is InChI=1S/C3H4BrO3P/c4-8(7)2-1-3(5)6/h1-2H2/p+1. The van der Waals surface area contributed by atoms with Crippen molar-refractivity contribution >= 4 is 28.0 Å². The van der Waals surface area contributed by atoms with Crippen molar-refractivity contribution in [1.82, 2.24) is 0 Å². The summed E-state index contributed by atoms with van der Waals surface area (Å²) in [7, 11) is 0. The predicted molar refractivity (Wildman–Crippen MR) is 33.7 cm³/mol. The van der Waals surface area contributed by atoms with Crippen molar-refractivity contribution in [2.75, 3.05) is 6.16 Å². The van der Waals surface area contributed by atoms with E-state index in [1.807, 2.05) is 0 Å². The molecule has 0 aromatic carbocycles. The highest BCUT2D eigenvalue weighted by Gasteiger charge is 2.11. The predicted octanol–water partition coefficient (Wildman–Crippen LogP) is 1.60. The van der Waals surface area contributed by atoms with E-state index in [2.05, 4.69) is 15.5 Å². The number of rotatable bonds is 3. The van der Waals surface area contributed by atoms with Crippen molar-refractivity contribution in [3.05, 3.63) is 0 Å². The molecule has 0 rings (SSSR count). The van der Waals surface area contributed by atoms with E-state index >= 15 is 0 Å². The van der Waals surface area contributed by atoms with Gasteiger partial charge in [0.1, 0.15) is 0 Å². The first-order chi connectivity index (χ1) is 3.63. The molecule has 0 bridgehead atoms. The topological polar surface area (TPSA) is 54.4 Å². The number of aliphatic carboxylic acids is 1. The van der Waals surface area contributed by atoms with Gasteiger partial charge in [-0.1, -0.05) is 4.57 Å². The summed E-state index contributed by atoms with van der Waals surface area (Å²) in [6, 6.07) is 0. The molecule has 3 nitrogen and oxygen atoms in total. The van der Waals surface area contributed by atoms with E-state index in [0.717, 1.165) is 0 Å². The molecule has 0 saturated heterocycles. The number of carboxylic acid groups (broad SMARTS) is 1. The molecule has 0 aromatic heterocycles. The molecule has 8 heavy (non-hydrogen) atoms. The first-order valence-electron chi connectivity index (χ1n) is 1.95. The first kappa shape index (κ1) is 8.05. The number of hydrogen-bond donors (Lipinski definition) is 1. The van der Waals surface area contributed by atoms with Gasteiger partial charge in [-0.2, -0.15) is 0 Å². The Morgan fingerprint density at radius 1 is 1.75 bits per heavy atom. The Bertz CT molecular complexity index is 99.1. The average Bonchev–Trinajstić information content (AvgIpc) is 1.61. The third-order valence-corrected chi connectivity index (χ3v) is 2.14. The maximum atomic E-state index is 10.1. The molecule has 0 radical (unpaired) electrons. The minimum atomic E-state index is -1.45. The zero-order valence-electron chi connectivity index (χ0n) is 4.00. The molecule has 0 heterocycles. The monoisotopic (exact) mass is 199 g/mol. The quantitative estimate of drug-likeness (QED) is 0.703. The van der Waals surface area contributed by atoms with E-state index in [9.17, 15) is 9.36 Å². The molecule has 0 aliphatic heterocycles. The second-order valence-electron chi connectivity index (χ2n) is 1.18. The third-order valence-electron chi connectivity index (χ3n) is 0.501. The molecule has 0 fully saturated rings. The number of carbonyl (C=O) groups is 1. The van der Waals surface area contributed by atoms with Crippen molar-refractivity contribution in [2.24, 2.45) is 0 Å². The molecule has 0 spiro atoms. The molecular formula is C3H5BrO3P+. The molecule has 1 N–H and O–H groups in total. The van der Waals surface area contributed by atoms with E-state index in [1.54, 1.807) is 0 Å². The molecule has 0 amide bonds. The van der Waals surface area contributed by atoms with Gasteiger partial charge in [-0.25, -0.2) is 0 Å². The van der Waals surface area contributed by atoms with Crippen LogP contribution >= 0.6 is 22.0 Å². The lowest BCUT2D eigenvalue weighted by atomic mass is 10.5. The molecular weight excluding hydrogens is 195 g/mol. The summed E-state index contributed by atoms with van der Waals surface area (Å²) in [6.45, 7) is -1.45. The molecule has 5 heteroatoms. The smallest absolute Gasteiger partial charge is 0.417 e. The Balaban J connectivity index is 3.18. The summed E-state index contributed by atoms with van der Waals surface area (Å²) in [6.07, 6.45) is 0.186. The zero-order valence-corrected chi connectivity index (χ0v) is 6.48. The van der Waals surface area contributed by atoms with Gasteiger partial charge >= 0.3 is 12.5 Å². The van der Waals surface area contributed by atoms with E-state index in [1.165, 1.54) is 0 Å². The zero-order chi connectivity index (χ0) is 6.57. The van der Waals surface area contributed by atoms with Gasteiger partial charge < -0.3 is 5.11 Å². The van der Waals surface area contributed by atoms with E-state index in [-0.39, 0.29) is 12.6 Å². The largest absolute Gasteiger partial charge is 0.481 e. The Morgan fingerprint density at radius 3 is 2.38 bits per heavy atom. The van der Waals surface area contributed by atoms with Crippen molar-refractivity contribution in [2.45, 2.75) is 6.42 Å². The Hall–Kier alpha value is 0.0500. The fraction of sp³-hybridized carbons (Fsp3) is 0.667. The van der Waals surface area contributed by atoms with Crippen molar-refractivity contribution in [1.29, 1.82) is 0 Å². The van der Waals surface area contributed by atoms with Crippen molar-refractivity contribution in [3.8, 4) is 0 Å². The second kappa shape index (κ2) is 3.98. The molecule has 1 atom stereocenters. The SMILES string of the molecule is O=C(O)CC[P+](=O)Br. The highest BCUT2D eigenvalue weighted by Crippen LogP contribution is 2.29. The van der Waals surface area contributed by atoms with E-state index < -0.39 is 12.5 Å². The lowest BCUT2D eigenvalue weighted by Gasteiger charge is -1.77. The van der Waals surface area contributed by atoms with Crippen LogP contribution in [0.5, 0.6) is 0 Å². The number of carboxylic acids is 1.